The maximum Gasteiger partial charge on any atom is 0.224 e. The lowest BCUT2D eigenvalue weighted by atomic mass is 9.96. The summed E-state index contributed by atoms with van der Waals surface area (Å²) < 4.78 is 5.80. The summed E-state index contributed by atoms with van der Waals surface area (Å²) in [6.07, 6.45) is 2.04. The minimum absolute atomic E-state index is 0.187. The zero-order valence-corrected chi connectivity index (χ0v) is 13.5. The van der Waals surface area contributed by atoms with Gasteiger partial charge in [0.05, 0.1) is 0 Å². The molecule has 3 N–H and O–H groups in total. The molecule has 21 heavy (non-hydrogen) atoms. The van der Waals surface area contributed by atoms with Gasteiger partial charge in [-0.3, -0.25) is 0 Å². The highest BCUT2D eigenvalue weighted by Crippen LogP contribution is 2.27. The van der Waals surface area contributed by atoms with Gasteiger partial charge in [-0.05, 0) is 30.5 Å². The van der Waals surface area contributed by atoms with Crippen LogP contribution in [-0.4, -0.2) is 16.2 Å². The second-order valence-electron chi connectivity index (χ2n) is 5.59. The van der Waals surface area contributed by atoms with Gasteiger partial charge in [-0.15, -0.1) is 11.8 Å². The molecule has 0 saturated heterocycles. The van der Waals surface area contributed by atoms with E-state index >= 15 is 0 Å². The molecule has 0 spiro atoms. The van der Waals surface area contributed by atoms with E-state index in [4.69, 9.17) is 10.6 Å². The molecule has 0 atom stereocenters. The maximum atomic E-state index is 5.80. The van der Waals surface area contributed by atoms with Crippen LogP contribution in [0.2, 0.25) is 0 Å². The zero-order chi connectivity index (χ0) is 15.5. The SMILES string of the molecule is CSc1ccc(Oc2cc(NN)nc(C(C)(C)C)n2)cc1. The zero-order valence-electron chi connectivity index (χ0n) is 12.7. The highest BCUT2D eigenvalue weighted by molar-refractivity contribution is 7.98. The van der Waals surface area contributed by atoms with Crippen LogP contribution in [0, 0.1) is 0 Å². The highest BCUT2D eigenvalue weighted by atomic mass is 32.2. The number of anilines is 1. The largest absolute Gasteiger partial charge is 0.439 e. The van der Waals surface area contributed by atoms with Crippen molar-refractivity contribution < 1.29 is 4.74 Å². The summed E-state index contributed by atoms with van der Waals surface area (Å²) in [7, 11) is 0. The summed E-state index contributed by atoms with van der Waals surface area (Å²) in [4.78, 5) is 10.0. The predicted octanol–water partition coefficient (Wildman–Crippen LogP) is 3.57. The monoisotopic (exact) mass is 304 g/mol. The number of nitrogens with two attached hydrogens (primary N) is 1. The third kappa shape index (κ3) is 4.09. The Kier molecular flexibility index (Phi) is 4.69. The maximum absolute atomic E-state index is 5.80. The Morgan fingerprint density at radius 3 is 2.33 bits per heavy atom. The minimum Gasteiger partial charge on any atom is -0.439 e. The molecule has 0 unspecified atom stereocenters. The van der Waals surface area contributed by atoms with Crippen LogP contribution in [0.4, 0.5) is 5.82 Å². The van der Waals surface area contributed by atoms with E-state index in [1.807, 2.05) is 51.3 Å². The smallest absolute Gasteiger partial charge is 0.224 e. The predicted molar refractivity (Wildman–Crippen MR) is 86.8 cm³/mol. The lowest BCUT2D eigenvalue weighted by Crippen LogP contribution is -2.19. The Morgan fingerprint density at radius 1 is 1.14 bits per heavy atom. The van der Waals surface area contributed by atoms with Crippen LogP contribution in [0.25, 0.3) is 0 Å². The van der Waals surface area contributed by atoms with Crippen LogP contribution >= 0.6 is 11.8 Å². The van der Waals surface area contributed by atoms with Crippen molar-refractivity contribution in [1.29, 1.82) is 0 Å². The van der Waals surface area contributed by atoms with E-state index < -0.39 is 0 Å². The van der Waals surface area contributed by atoms with Gasteiger partial charge in [0.25, 0.3) is 0 Å². The standard InChI is InChI=1S/C15H20N4OS/c1-15(2,3)14-17-12(19-16)9-13(18-14)20-10-5-7-11(21-4)8-6-10/h5-9H,16H2,1-4H3,(H,17,18,19). The molecule has 0 fully saturated rings. The molecule has 1 aromatic heterocycles. The minimum atomic E-state index is -0.187. The van der Waals surface area contributed by atoms with E-state index in [9.17, 15) is 0 Å². The van der Waals surface area contributed by atoms with Crippen molar-refractivity contribution in [2.45, 2.75) is 31.1 Å². The third-order valence-electron chi connectivity index (χ3n) is 2.80. The molecule has 1 aromatic carbocycles. The first-order valence-corrected chi connectivity index (χ1v) is 7.83. The fourth-order valence-electron chi connectivity index (χ4n) is 1.65. The topological polar surface area (TPSA) is 73.1 Å². The number of rotatable bonds is 4. The van der Waals surface area contributed by atoms with Gasteiger partial charge in [0.15, 0.2) is 0 Å². The normalized spacial score (nSPS) is 11.3. The molecule has 0 saturated carbocycles. The number of ether oxygens (including phenoxy) is 1. The molecule has 0 aliphatic carbocycles. The summed E-state index contributed by atoms with van der Waals surface area (Å²) in [5.74, 6) is 7.87. The van der Waals surface area contributed by atoms with Crippen molar-refractivity contribution in [2.24, 2.45) is 5.84 Å². The molecular formula is C15H20N4OS. The number of thioether (sulfide) groups is 1. The number of hydrogen-bond acceptors (Lipinski definition) is 6. The molecule has 6 heteroatoms. The van der Waals surface area contributed by atoms with Crippen LogP contribution in [0.1, 0.15) is 26.6 Å². The Labute approximate surface area is 129 Å². The second kappa shape index (κ2) is 6.32. The van der Waals surface area contributed by atoms with E-state index in [1.54, 1.807) is 17.8 Å². The van der Waals surface area contributed by atoms with Gasteiger partial charge in [0.1, 0.15) is 17.4 Å². The van der Waals surface area contributed by atoms with Gasteiger partial charge >= 0.3 is 0 Å². The number of nitrogens with zero attached hydrogens (tertiary/aromatic N) is 2. The van der Waals surface area contributed by atoms with Crippen molar-refractivity contribution in [3.05, 3.63) is 36.2 Å². The number of hydrazine groups is 1. The molecule has 112 valence electrons. The van der Waals surface area contributed by atoms with E-state index in [0.29, 0.717) is 17.5 Å². The first-order valence-electron chi connectivity index (χ1n) is 6.60. The summed E-state index contributed by atoms with van der Waals surface area (Å²) in [5.41, 5.74) is 2.36. The van der Waals surface area contributed by atoms with E-state index in [2.05, 4.69) is 15.4 Å². The molecule has 5 nitrogen and oxygen atoms in total. The van der Waals surface area contributed by atoms with E-state index in [-0.39, 0.29) is 5.41 Å². The Balaban J connectivity index is 2.29. The molecular weight excluding hydrogens is 284 g/mol. The fourth-order valence-corrected chi connectivity index (χ4v) is 2.06. The van der Waals surface area contributed by atoms with Gasteiger partial charge in [-0.2, -0.15) is 4.98 Å². The molecule has 0 aliphatic heterocycles. The summed E-state index contributed by atoms with van der Waals surface area (Å²) in [6.45, 7) is 6.12. The van der Waals surface area contributed by atoms with Crippen LogP contribution in [0.5, 0.6) is 11.6 Å². The Hall–Kier alpha value is -1.79. The van der Waals surface area contributed by atoms with Crippen molar-refractivity contribution >= 4 is 17.6 Å². The van der Waals surface area contributed by atoms with Crippen LogP contribution in [-0.2, 0) is 5.41 Å². The van der Waals surface area contributed by atoms with Crippen molar-refractivity contribution in [1.82, 2.24) is 9.97 Å². The van der Waals surface area contributed by atoms with Gasteiger partial charge in [-0.1, -0.05) is 20.8 Å². The number of hydrogen-bond donors (Lipinski definition) is 2. The lowest BCUT2D eigenvalue weighted by molar-refractivity contribution is 0.446. The molecule has 0 aliphatic rings. The second-order valence-corrected chi connectivity index (χ2v) is 6.47. The van der Waals surface area contributed by atoms with Gasteiger partial charge in [-0.25, -0.2) is 10.8 Å². The summed E-state index contributed by atoms with van der Waals surface area (Å²) in [6, 6.07) is 9.53. The lowest BCUT2D eigenvalue weighted by Gasteiger charge is -2.18. The average Bonchev–Trinajstić information content (AvgIpc) is 2.46. The molecule has 2 aromatic rings. The van der Waals surface area contributed by atoms with Crippen LogP contribution in [0.3, 0.4) is 0 Å². The molecule has 1 heterocycles. The van der Waals surface area contributed by atoms with Gasteiger partial charge in [0.2, 0.25) is 5.88 Å². The first-order chi connectivity index (χ1) is 9.92. The molecule has 0 bridgehead atoms. The van der Waals surface area contributed by atoms with Gasteiger partial charge < -0.3 is 10.2 Å². The number of nitrogen functional groups attached to an aromatic ring is 1. The Morgan fingerprint density at radius 2 is 1.81 bits per heavy atom. The van der Waals surface area contributed by atoms with Crippen molar-refractivity contribution in [3.8, 4) is 11.6 Å². The molecule has 0 amide bonds. The van der Waals surface area contributed by atoms with E-state index in [0.717, 1.165) is 5.75 Å². The van der Waals surface area contributed by atoms with Crippen LogP contribution in [0.15, 0.2) is 35.2 Å². The number of aromatic nitrogens is 2. The summed E-state index contributed by atoms with van der Waals surface area (Å²) in [5, 5.41) is 0. The molecule has 0 radical (unpaired) electrons. The van der Waals surface area contributed by atoms with Crippen LogP contribution < -0.4 is 16.0 Å². The van der Waals surface area contributed by atoms with Gasteiger partial charge in [0, 0.05) is 16.4 Å². The number of nitrogens with one attached hydrogen (secondary N) is 1. The highest BCUT2D eigenvalue weighted by Gasteiger charge is 2.19. The average molecular weight is 304 g/mol. The van der Waals surface area contributed by atoms with Crippen molar-refractivity contribution in [2.75, 3.05) is 11.7 Å². The first kappa shape index (κ1) is 15.6. The fraction of sp³-hybridized carbons (Fsp3) is 0.333. The number of benzene rings is 1. The van der Waals surface area contributed by atoms with Crippen molar-refractivity contribution in [3.63, 3.8) is 0 Å². The van der Waals surface area contributed by atoms with E-state index in [1.165, 1.54) is 4.90 Å². The third-order valence-corrected chi connectivity index (χ3v) is 3.55. The summed E-state index contributed by atoms with van der Waals surface area (Å²) >= 11 is 1.69. The molecule has 2 rings (SSSR count). The Bertz CT molecular complexity index is 608. The quantitative estimate of drug-likeness (QED) is 0.511.